The van der Waals surface area contributed by atoms with Crippen molar-refractivity contribution in [3.63, 3.8) is 0 Å². The van der Waals surface area contributed by atoms with Crippen molar-refractivity contribution in [3.8, 4) is 5.75 Å². The third-order valence-corrected chi connectivity index (χ3v) is 7.31. The molecule has 0 saturated carbocycles. The number of carbonyl (C=O) groups excluding carboxylic acids is 2. The third-order valence-electron chi connectivity index (χ3n) is 6.27. The lowest BCUT2D eigenvalue weighted by molar-refractivity contribution is -0.115. The van der Waals surface area contributed by atoms with Crippen LogP contribution in [0.4, 0.5) is 5.69 Å². The van der Waals surface area contributed by atoms with Gasteiger partial charge in [0.15, 0.2) is 5.16 Å². The summed E-state index contributed by atoms with van der Waals surface area (Å²) in [6, 6.07) is 21.5. The van der Waals surface area contributed by atoms with Crippen LogP contribution in [0.5, 0.6) is 5.75 Å². The predicted molar refractivity (Wildman–Crippen MR) is 151 cm³/mol. The standard InChI is InChI=1S/C28H26N6O4S/c1-17(24(35)30-20-11-8-10-18(15-20)25(36)29-2)39-28-32-31-27-33(16-19-9-4-7-14-23(19)38-3)26(37)21-12-5-6-13-22(21)34(27)28/h4-15,17H,16H2,1-3H3,(H,29,36)(H,30,35). The molecule has 0 aliphatic carbocycles. The maximum atomic E-state index is 13.5. The second-order valence-electron chi connectivity index (χ2n) is 8.75. The number of anilines is 1. The van der Waals surface area contributed by atoms with E-state index in [1.807, 2.05) is 42.5 Å². The van der Waals surface area contributed by atoms with Crippen LogP contribution in [0.15, 0.2) is 82.7 Å². The molecule has 10 nitrogen and oxygen atoms in total. The van der Waals surface area contributed by atoms with Crippen molar-refractivity contribution >= 4 is 45.9 Å². The summed E-state index contributed by atoms with van der Waals surface area (Å²) in [5.41, 5.74) is 2.22. The van der Waals surface area contributed by atoms with Crippen molar-refractivity contribution in [3.05, 3.63) is 94.3 Å². The highest BCUT2D eigenvalue weighted by molar-refractivity contribution is 8.00. The van der Waals surface area contributed by atoms with Crippen molar-refractivity contribution in [2.75, 3.05) is 19.5 Å². The second kappa shape index (κ2) is 11.0. The molecular weight excluding hydrogens is 516 g/mol. The van der Waals surface area contributed by atoms with Gasteiger partial charge in [-0.05, 0) is 43.3 Å². The summed E-state index contributed by atoms with van der Waals surface area (Å²) < 4.78 is 8.85. The summed E-state index contributed by atoms with van der Waals surface area (Å²) in [6.45, 7) is 1.99. The number of aromatic nitrogens is 4. The smallest absolute Gasteiger partial charge is 0.263 e. The molecule has 0 fully saturated rings. The Hall–Kier alpha value is -4.64. The molecule has 2 N–H and O–H groups in total. The van der Waals surface area contributed by atoms with Crippen LogP contribution in [0, 0.1) is 0 Å². The van der Waals surface area contributed by atoms with E-state index in [-0.39, 0.29) is 23.9 Å². The third kappa shape index (κ3) is 5.08. The van der Waals surface area contributed by atoms with Gasteiger partial charge in [-0.2, -0.15) is 0 Å². The van der Waals surface area contributed by atoms with E-state index in [0.717, 1.165) is 5.56 Å². The second-order valence-corrected chi connectivity index (χ2v) is 10.1. The van der Waals surface area contributed by atoms with E-state index in [4.69, 9.17) is 4.74 Å². The average Bonchev–Trinajstić information content (AvgIpc) is 3.38. The SMILES string of the molecule is CNC(=O)c1cccc(NC(=O)C(C)Sc2nnc3n(Cc4ccccc4OC)c(=O)c4ccccc4n23)c1. The Balaban J connectivity index is 1.50. The number of nitrogens with zero attached hydrogens (tertiary/aromatic N) is 4. The zero-order valence-electron chi connectivity index (χ0n) is 21.5. The number of nitrogens with one attached hydrogen (secondary N) is 2. The van der Waals surface area contributed by atoms with E-state index < -0.39 is 5.25 Å². The molecule has 0 radical (unpaired) electrons. The Morgan fingerprint density at radius 1 is 1.03 bits per heavy atom. The van der Waals surface area contributed by atoms with Gasteiger partial charge in [-0.3, -0.25) is 23.4 Å². The van der Waals surface area contributed by atoms with Gasteiger partial charge in [-0.25, -0.2) is 0 Å². The van der Waals surface area contributed by atoms with Gasteiger partial charge in [0.05, 0.1) is 29.8 Å². The lowest BCUT2D eigenvalue weighted by atomic mass is 10.2. The first-order valence-corrected chi connectivity index (χ1v) is 13.1. The Labute approximate surface area is 228 Å². The first-order chi connectivity index (χ1) is 18.9. The summed E-state index contributed by atoms with van der Waals surface area (Å²) in [5, 5.41) is 14.6. The number of benzene rings is 3. The fourth-order valence-electron chi connectivity index (χ4n) is 4.29. The Kier molecular flexibility index (Phi) is 7.33. The molecule has 0 aliphatic heterocycles. The number of ether oxygens (including phenoxy) is 1. The van der Waals surface area contributed by atoms with Gasteiger partial charge < -0.3 is 15.4 Å². The molecule has 1 unspecified atom stereocenters. The fourth-order valence-corrected chi connectivity index (χ4v) is 5.15. The number of carbonyl (C=O) groups is 2. The minimum Gasteiger partial charge on any atom is -0.496 e. The zero-order valence-corrected chi connectivity index (χ0v) is 22.4. The molecule has 198 valence electrons. The molecule has 11 heteroatoms. The van der Waals surface area contributed by atoms with Crippen molar-refractivity contribution in [2.45, 2.75) is 23.9 Å². The fraction of sp³-hybridized carbons (Fsp3) is 0.179. The summed E-state index contributed by atoms with van der Waals surface area (Å²) in [4.78, 5) is 38.5. The van der Waals surface area contributed by atoms with Gasteiger partial charge in [-0.1, -0.05) is 48.2 Å². The van der Waals surface area contributed by atoms with E-state index >= 15 is 0 Å². The largest absolute Gasteiger partial charge is 0.496 e. The predicted octanol–water partition coefficient (Wildman–Crippen LogP) is 3.58. The normalized spacial score (nSPS) is 11.9. The molecular formula is C28H26N6O4S. The first-order valence-electron chi connectivity index (χ1n) is 12.2. The topological polar surface area (TPSA) is 120 Å². The number of hydrogen-bond acceptors (Lipinski definition) is 7. The van der Waals surface area contributed by atoms with Gasteiger partial charge in [0.25, 0.3) is 11.5 Å². The molecule has 0 spiro atoms. The van der Waals surface area contributed by atoms with Crippen molar-refractivity contribution in [2.24, 2.45) is 0 Å². The maximum absolute atomic E-state index is 13.5. The van der Waals surface area contributed by atoms with Gasteiger partial charge in [-0.15, -0.1) is 10.2 Å². The number of amides is 2. The molecule has 0 bridgehead atoms. The van der Waals surface area contributed by atoms with Crippen molar-refractivity contribution in [1.29, 1.82) is 0 Å². The molecule has 5 aromatic rings. The Morgan fingerprint density at radius 2 is 1.79 bits per heavy atom. The minimum atomic E-state index is -0.561. The van der Waals surface area contributed by atoms with Gasteiger partial charge in [0.1, 0.15) is 5.75 Å². The van der Waals surface area contributed by atoms with Crippen LogP contribution in [0.3, 0.4) is 0 Å². The van der Waals surface area contributed by atoms with E-state index in [9.17, 15) is 14.4 Å². The molecule has 1 atom stereocenters. The average molecular weight is 543 g/mol. The molecule has 0 aliphatic rings. The zero-order chi connectivity index (χ0) is 27.5. The van der Waals surface area contributed by atoms with Crippen LogP contribution in [-0.4, -0.2) is 50.4 Å². The number of rotatable bonds is 8. The summed E-state index contributed by atoms with van der Waals surface area (Å²) >= 11 is 1.22. The quantitative estimate of drug-likeness (QED) is 0.288. The number of para-hydroxylation sites is 2. The van der Waals surface area contributed by atoms with Gasteiger partial charge in [0.2, 0.25) is 11.7 Å². The molecule has 2 heterocycles. The van der Waals surface area contributed by atoms with Crippen molar-refractivity contribution in [1.82, 2.24) is 24.5 Å². The Morgan fingerprint density at radius 3 is 2.59 bits per heavy atom. The highest BCUT2D eigenvalue weighted by Gasteiger charge is 2.22. The Bertz CT molecular complexity index is 1760. The monoisotopic (exact) mass is 542 g/mol. The lowest BCUT2D eigenvalue weighted by Crippen LogP contribution is -2.25. The molecule has 0 saturated heterocycles. The molecule has 2 amide bonds. The molecule has 39 heavy (non-hydrogen) atoms. The summed E-state index contributed by atoms with van der Waals surface area (Å²) in [7, 11) is 3.14. The van der Waals surface area contributed by atoms with Gasteiger partial charge >= 0.3 is 0 Å². The van der Waals surface area contributed by atoms with Crippen LogP contribution >= 0.6 is 11.8 Å². The van der Waals surface area contributed by atoms with E-state index in [1.54, 1.807) is 60.4 Å². The number of fused-ring (bicyclic) bond motifs is 3. The van der Waals surface area contributed by atoms with Crippen LogP contribution in [0.2, 0.25) is 0 Å². The number of methoxy groups -OCH3 is 1. The van der Waals surface area contributed by atoms with Crippen LogP contribution in [-0.2, 0) is 11.3 Å². The van der Waals surface area contributed by atoms with Crippen LogP contribution in [0.25, 0.3) is 16.7 Å². The summed E-state index contributed by atoms with van der Waals surface area (Å²) in [6.07, 6.45) is 0. The van der Waals surface area contributed by atoms with E-state index in [1.165, 1.54) is 11.8 Å². The summed E-state index contributed by atoms with van der Waals surface area (Å²) in [5.74, 6) is 0.514. The van der Waals surface area contributed by atoms with E-state index in [2.05, 4.69) is 20.8 Å². The lowest BCUT2D eigenvalue weighted by Gasteiger charge is -2.14. The number of thioether (sulfide) groups is 1. The molecule has 5 rings (SSSR count). The van der Waals surface area contributed by atoms with E-state index in [0.29, 0.717) is 38.8 Å². The molecule has 2 aromatic heterocycles. The maximum Gasteiger partial charge on any atom is 0.263 e. The highest BCUT2D eigenvalue weighted by atomic mass is 32.2. The van der Waals surface area contributed by atoms with Crippen LogP contribution in [0.1, 0.15) is 22.8 Å². The minimum absolute atomic E-state index is 0.199. The molecule has 3 aromatic carbocycles. The first kappa shape index (κ1) is 26.0. The van der Waals surface area contributed by atoms with Crippen molar-refractivity contribution < 1.29 is 14.3 Å². The van der Waals surface area contributed by atoms with Crippen LogP contribution < -0.4 is 20.9 Å². The highest BCUT2D eigenvalue weighted by Crippen LogP contribution is 2.27. The van der Waals surface area contributed by atoms with Gasteiger partial charge in [0, 0.05) is 23.9 Å². The number of hydrogen-bond donors (Lipinski definition) is 2.